The van der Waals surface area contributed by atoms with Gasteiger partial charge in [-0.15, -0.1) is 0 Å². The zero-order valence-electron chi connectivity index (χ0n) is 10.7. The van der Waals surface area contributed by atoms with E-state index in [1.807, 2.05) is 0 Å². The van der Waals surface area contributed by atoms with Gasteiger partial charge in [0.25, 0.3) is 12.3 Å². The van der Waals surface area contributed by atoms with E-state index in [1.165, 1.54) is 6.20 Å². The van der Waals surface area contributed by atoms with Crippen molar-refractivity contribution in [2.45, 2.75) is 6.43 Å². The molecule has 0 saturated heterocycles. The second-order valence-corrected chi connectivity index (χ2v) is 3.63. The molecule has 0 aliphatic carbocycles. The monoisotopic (exact) mass is 283 g/mol. The topological polar surface area (TPSA) is 77.2 Å². The molecule has 0 fully saturated rings. The van der Waals surface area contributed by atoms with Gasteiger partial charge >= 0.3 is 0 Å². The molecule has 5 nitrogen and oxygen atoms in total. The predicted molar refractivity (Wildman–Crippen MR) is 69.3 cm³/mol. The molecule has 20 heavy (non-hydrogen) atoms. The molecule has 1 aromatic heterocycles. The minimum Gasteiger partial charge on any atom is -0.374 e. The Hall–Kier alpha value is -2.04. The third-order valence-electron chi connectivity index (χ3n) is 2.12. The fourth-order valence-electron chi connectivity index (χ4n) is 1.33. The Balaban J connectivity index is 2.51. The van der Waals surface area contributed by atoms with Crippen LogP contribution in [0.2, 0.25) is 0 Å². The zero-order chi connectivity index (χ0) is 14.8. The van der Waals surface area contributed by atoms with Crippen LogP contribution in [0.15, 0.2) is 18.3 Å². The van der Waals surface area contributed by atoms with Crippen molar-refractivity contribution in [1.29, 1.82) is 0 Å². The fourth-order valence-corrected chi connectivity index (χ4v) is 1.33. The van der Waals surface area contributed by atoms with Crippen molar-refractivity contribution in [1.82, 2.24) is 10.3 Å². The van der Waals surface area contributed by atoms with Crippen LogP contribution in [0.3, 0.4) is 0 Å². The highest BCUT2D eigenvalue weighted by atomic mass is 19.3. The molecule has 1 rings (SSSR count). The Kier molecular flexibility index (Phi) is 7.17. The minimum atomic E-state index is -2.51. The first-order chi connectivity index (χ1) is 9.65. The third kappa shape index (κ3) is 5.73. The first kappa shape index (κ1) is 16.0. The number of nitrogens with two attached hydrogens (primary N) is 1. The van der Waals surface area contributed by atoms with Crippen LogP contribution in [0.4, 0.5) is 8.78 Å². The molecule has 7 heteroatoms. The van der Waals surface area contributed by atoms with Gasteiger partial charge in [-0.3, -0.25) is 4.79 Å². The zero-order valence-corrected chi connectivity index (χ0v) is 10.7. The highest BCUT2D eigenvalue weighted by Crippen LogP contribution is 2.03. The summed E-state index contributed by atoms with van der Waals surface area (Å²) in [5, 5.41) is 2.52. The van der Waals surface area contributed by atoms with E-state index in [0.717, 1.165) is 0 Å². The number of carbonyl (C=O) groups excluding carboxylic acids is 1. The maximum absolute atomic E-state index is 11.8. The van der Waals surface area contributed by atoms with Gasteiger partial charge in [0.15, 0.2) is 0 Å². The summed E-state index contributed by atoms with van der Waals surface area (Å²) in [4.78, 5) is 15.8. The van der Waals surface area contributed by atoms with Gasteiger partial charge in [0, 0.05) is 12.7 Å². The van der Waals surface area contributed by atoms with Crippen molar-refractivity contribution in [3.8, 4) is 11.8 Å². The normalized spacial score (nSPS) is 10.0. The Morgan fingerprint density at radius 2 is 2.35 bits per heavy atom. The van der Waals surface area contributed by atoms with Crippen molar-refractivity contribution in [2.75, 3.05) is 26.3 Å². The van der Waals surface area contributed by atoms with E-state index in [0.29, 0.717) is 5.56 Å². The minimum absolute atomic E-state index is 0.00667. The molecule has 1 aromatic rings. The number of aromatic nitrogens is 1. The molecular formula is C13H15F2N3O2. The first-order valence-corrected chi connectivity index (χ1v) is 5.93. The Bertz CT molecular complexity index is 498. The molecule has 1 heterocycles. The Labute approximate surface area is 115 Å². The van der Waals surface area contributed by atoms with Gasteiger partial charge in [-0.2, -0.15) is 0 Å². The summed E-state index contributed by atoms with van der Waals surface area (Å²) in [6.07, 6.45) is -1.05. The van der Waals surface area contributed by atoms with Crippen LogP contribution < -0.4 is 11.1 Å². The number of halogens is 2. The average molecular weight is 283 g/mol. The van der Waals surface area contributed by atoms with Crippen LogP contribution >= 0.6 is 0 Å². The van der Waals surface area contributed by atoms with E-state index in [9.17, 15) is 13.6 Å². The van der Waals surface area contributed by atoms with Gasteiger partial charge in [0.1, 0.15) is 12.3 Å². The molecule has 0 aliphatic rings. The van der Waals surface area contributed by atoms with Gasteiger partial charge < -0.3 is 15.8 Å². The molecule has 0 aliphatic heterocycles. The van der Waals surface area contributed by atoms with Crippen LogP contribution in [0, 0.1) is 11.8 Å². The first-order valence-electron chi connectivity index (χ1n) is 5.93. The summed E-state index contributed by atoms with van der Waals surface area (Å²) in [5.41, 5.74) is 5.90. The van der Waals surface area contributed by atoms with E-state index < -0.39 is 18.9 Å². The number of amides is 1. The molecule has 0 radical (unpaired) electrons. The lowest BCUT2D eigenvalue weighted by molar-refractivity contribution is 0.0188. The highest BCUT2D eigenvalue weighted by molar-refractivity contribution is 5.94. The standard InChI is InChI=1S/C13H15F2N3O2/c14-11(15)9-20-8-7-18-13(19)12-10(3-1-5-16)4-2-6-17-12/h2,4,6,11H,5,7-9,16H2,(H,18,19). The van der Waals surface area contributed by atoms with E-state index >= 15 is 0 Å². The number of ether oxygens (including phenoxy) is 1. The lowest BCUT2D eigenvalue weighted by Gasteiger charge is -2.06. The second-order valence-electron chi connectivity index (χ2n) is 3.63. The molecule has 0 aromatic carbocycles. The number of pyridine rings is 1. The quantitative estimate of drug-likeness (QED) is 0.585. The van der Waals surface area contributed by atoms with E-state index in [2.05, 4.69) is 26.9 Å². The number of alkyl halides is 2. The Morgan fingerprint density at radius 1 is 1.55 bits per heavy atom. The summed E-state index contributed by atoms with van der Waals surface area (Å²) in [7, 11) is 0. The van der Waals surface area contributed by atoms with E-state index in [1.54, 1.807) is 12.1 Å². The molecule has 3 N–H and O–H groups in total. The van der Waals surface area contributed by atoms with Crippen molar-refractivity contribution < 1.29 is 18.3 Å². The summed E-state index contributed by atoms with van der Waals surface area (Å²) in [6.45, 7) is -0.345. The van der Waals surface area contributed by atoms with Gasteiger partial charge in [-0.05, 0) is 12.1 Å². The van der Waals surface area contributed by atoms with Gasteiger partial charge in [-0.1, -0.05) is 11.8 Å². The molecular weight excluding hydrogens is 268 g/mol. The van der Waals surface area contributed by atoms with E-state index in [-0.39, 0.29) is 25.4 Å². The maximum Gasteiger partial charge on any atom is 0.271 e. The SMILES string of the molecule is NCC#Cc1cccnc1C(=O)NCCOCC(F)F. The predicted octanol–water partition coefficient (Wildman–Crippen LogP) is 0.403. The van der Waals surface area contributed by atoms with Crippen LogP contribution in [0.5, 0.6) is 0 Å². The maximum atomic E-state index is 11.8. The summed E-state index contributed by atoms with van der Waals surface area (Å²) < 4.78 is 28.3. The van der Waals surface area contributed by atoms with Crippen LogP contribution in [-0.2, 0) is 4.74 Å². The van der Waals surface area contributed by atoms with Gasteiger partial charge in [-0.25, -0.2) is 13.8 Å². The molecule has 0 unspecified atom stereocenters. The largest absolute Gasteiger partial charge is 0.374 e. The molecule has 0 spiro atoms. The lowest BCUT2D eigenvalue weighted by atomic mass is 10.2. The molecule has 0 saturated carbocycles. The van der Waals surface area contributed by atoms with Crippen molar-refractivity contribution >= 4 is 5.91 Å². The number of nitrogens with one attached hydrogen (secondary N) is 1. The number of hydrogen-bond acceptors (Lipinski definition) is 4. The summed E-state index contributed by atoms with van der Waals surface area (Å²) in [5.74, 6) is 4.94. The van der Waals surface area contributed by atoms with E-state index in [4.69, 9.17) is 5.73 Å². The van der Waals surface area contributed by atoms with Crippen molar-refractivity contribution in [2.24, 2.45) is 5.73 Å². The number of carbonyl (C=O) groups is 1. The second kappa shape index (κ2) is 8.96. The molecule has 1 amide bonds. The number of rotatable bonds is 6. The van der Waals surface area contributed by atoms with Gasteiger partial charge in [0.05, 0.1) is 18.7 Å². The number of nitrogens with zero attached hydrogens (tertiary/aromatic N) is 1. The Morgan fingerprint density at radius 3 is 3.05 bits per heavy atom. The smallest absolute Gasteiger partial charge is 0.271 e. The van der Waals surface area contributed by atoms with Crippen LogP contribution in [-0.4, -0.2) is 43.6 Å². The third-order valence-corrected chi connectivity index (χ3v) is 2.12. The van der Waals surface area contributed by atoms with Crippen LogP contribution in [0.25, 0.3) is 0 Å². The van der Waals surface area contributed by atoms with Crippen molar-refractivity contribution in [3.05, 3.63) is 29.6 Å². The van der Waals surface area contributed by atoms with Crippen molar-refractivity contribution in [3.63, 3.8) is 0 Å². The van der Waals surface area contributed by atoms with Crippen LogP contribution in [0.1, 0.15) is 16.1 Å². The highest BCUT2D eigenvalue weighted by Gasteiger charge is 2.10. The van der Waals surface area contributed by atoms with Gasteiger partial charge in [0.2, 0.25) is 0 Å². The summed E-state index contributed by atoms with van der Waals surface area (Å²) in [6, 6.07) is 3.31. The summed E-state index contributed by atoms with van der Waals surface area (Å²) >= 11 is 0. The average Bonchev–Trinajstić information content (AvgIpc) is 2.44. The molecule has 108 valence electrons. The lowest BCUT2D eigenvalue weighted by Crippen LogP contribution is -2.29. The molecule has 0 bridgehead atoms. The fraction of sp³-hybridized carbons (Fsp3) is 0.385. The number of hydrogen-bond donors (Lipinski definition) is 2. The molecule has 0 atom stereocenters.